The molecule has 106 valence electrons. The van der Waals surface area contributed by atoms with Crippen molar-refractivity contribution in [1.29, 1.82) is 0 Å². The zero-order chi connectivity index (χ0) is 15.7. The van der Waals surface area contributed by atoms with Crippen molar-refractivity contribution in [3.63, 3.8) is 0 Å². The molecule has 0 heterocycles. The molecule has 2 nitrogen and oxygen atoms in total. The third-order valence-corrected chi connectivity index (χ3v) is 2.77. The second kappa shape index (κ2) is 8.35. The summed E-state index contributed by atoms with van der Waals surface area (Å²) in [6, 6.07) is 13.6. The number of benzene rings is 2. The molecule has 0 unspecified atom stereocenters. The quantitative estimate of drug-likeness (QED) is 0.780. The predicted octanol–water partition coefficient (Wildman–Crippen LogP) is 3.66. The van der Waals surface area contributed by atoms with Crippen LogP contribution < -0.4 is 9.47 Å². The molecule has 0 aliphatic heterocycles. The topological polar surface area (TPSA) is 18.5 Å². The SMILES string of the molecule is C#Cc1cc(OC)c(C#C)cc1OC.Cc1ccccc1. The first-order valence-electron chi connectivity index (χ1n) is 6.37. The van der Waals surface area contributed by atoms with Crippen LogP contribution in [0.15, 0.2) is 42.5 Å². The van der Waals surface area contributed by atoms with E-state index in [1.54, 1.807) is 26.4 Å². The molecule has 0 radical (unpaired) electrons. The van der Waals surface area contributed by atoms with Gasteiger partial charge < -0.3 is 9.47 Å². The van der Waals surface area contributed by atoms with E-state index in [0.717, 1.165) is 0 Å². The van der Waals surface area contributed by atoms with Gasteiger partial charge in [-0.2, -0.15) is 0 Å². The van der Waals surface area contributed by atoms with E-state index < -0.39 is 0 Å². The number of hydrogen-bond donors (Lipinski definition) is 0. The Morgan fingerprint density at radius 1 is 0.810 bits per heavy atom. The summed E-state index contributed by atoms with van der Waals surface area (Å²) in [5.74, 6) is 6.17. The highest BCUT2D eigenvalue weighted by molar-refractivity contribution is 5.57. The molecular weight excluding hydrogens is 260 g/mol. The molecule has 0 aliphatic rings. The molecule has 21 heavy (non-hydrogen) atoms. The van der Waals surface area contributed by atoms with Crippen LogP contribution in [-0.2, 0) is 0 Å². The standard InChI is InChI=1S/C12H10O2.C7H8/c1-5-9-7-12(14-4)10(6-2)8-11(9)13-3;1-7-5-3-2-4-6-7/h1-2,7-8H,3-4H3;2-6H,1H3. The Balaban J connectivity index is 0.000000262. The third kappa shape index (κ3) is 4.64. The molecule has 0 fully saturated rings. The molecule has 0 spiro atoms. The maximum atomic E-state index is 5.30. The van der Waals surface area contributed by atoms with Crippen molar-refractivity contribution < 1.29 is 9.47 Å². The average Bonchev–Trinajstić information content (AvgIpc) is 2.54. The maximum Gasteiger partial charge on any atom is 0.135 e. The molecule has 0 saturated heterocycles. The van der Waals surface area contributed by atoms with Crippen LogP contribution in [0.3, 0.4) is 0 Å². The summed E-state index contributed by atoms with van der Waals surface area (Å²) >= 11 is 0. The highest BCUT2D eigenvalue weighted by Crippen LogP contribution is 2.27. The Labute approximate surface area is 126 Å². The predicted molar refractivity (Wildman–Crippen MR) is 86.6 cm³/mol. The van der Waals surface area contributed by atoms with Gasteiger partial charge in [0, 0.05) is 12.1 Å². The molecule has 2 aromatic rings. The molecule has 2 rings (SSSR count). The molecule has 0 saturated carbocycles. The lowest BCUT2D eigenvalue weighted by molar-refractivity contribution is 0.401. The van der Waals surface area contributed by atoms with E-state index in [1.807, 2.05) is 18.2 Å². The molecule has 0 aromatic heterocycles. The number of terminal acetylenes is 2. The van der Waals surface area contributed by atoms with Gasteiger partial charge in [0.25, 0.3) is 0 Å². The van der Waals surface area contributed by atoms with E-state index in [4.69, 9.17) is 22.3 Å². The number of aryl methyl sites for hydroxylation is 1. The number of rotatable bonds is 2. The lowest BCUT2D eigenvalue weighted by atomic mass is 10.1. The number of methoxy groups -OCH3 is 2. The monoisotopic (exact) mass is 278 g/mol. The van der Waals surface area contributed by atoms with Gasteiger partial charge in [-0.15, -0.1) is 12.8 Å². The highest BCUT2D eigenvalue weighted by atomic mass is 16.5. The third-order valence-electron chi connectivity index (χ3n) is 2.77. The molecular formula is C19H18O2. The molecule has 0 atom stereocenters. The van der Waals surface area contributed by atoms with Crippen LogP contribution in [0.2, 0.25) is 0 Å². The zero-order valence-corrected chi connectivity index (χ0v) is 12.5. The smallest absolute Gasteiger partial charge is 0.135 e. The van der Waals surface area contributed by atoms with Gasteiger partial charge in [-0.1, -0.05) is 47.7 Å². The summed E-state index contributed by atoms with van der Waals surface area (Å²) < 4.78 is 10.2. The fourth-order valence-corrected chi connectivity index (χ4v) is 1.66. The largest absolute Gasteiger partial charge is 0.495 e. The first-order chi connectivity index (χ1) is 10.2. The normalized spacial score (nSPS) is 8.62. The molecule has 2 heteroatoms. The van der Waals surface area contributed by atoms with Crippen molar-refractivity contribution in [3.8, 4) is 36.2 Å². The van der Waals surface area contributed by atoms with Crippen LogP contribution in [0.25, 0.3) is 0 Å². The first kappa shape index (κ1) is 16.2. The van der Waals surface area contributed by atoms with Gasteiger partial charge in [0.15, 0.2) is 0 Å². The molecule has 0 bridgehead atoms. The van der Waals surface area contributed by atoms with Gasteiger partial charge in [0.2, 0.25) is 0 Å². The summed E-state index contributed by atoms with van der Waals surface area (Å²) in [7, 11) is 3.09. The van der Waals surface area contributed by atoms with Crippen molar-refractivity contribution in [1.82, 2.24) is 0 Å². The fraction of sp³-hybridized carbons (Fsp3) is 0.158. The van der Waals surface area contributed by atoms with E-state index in [9.17, 15) is 0 Å². The minimum atomic E-state index is 0.584. The van der Waals surface area contributed by atoms with E-state index in [-0.39, 0.29) is 0 Å². The average molecular weight is 278 g/mol. The fourth-order valence-electron chi connectivity index (χ4n) is 1.66. The van der Waals surface area contributed by atoms with Crippen molar-refractivity contribution in [3.05, 3.63) is 59.2 Å². The van der Waals surface area contributed by atoms with Crippen LogP contribution >= 0.6 is 0 Å². The van der Waals surface area contributed by atoms with Gasteiger partial charge in [-0.05, 0) is 6.92 Å². The van der Waals surface area contributed by atoms with Crippen LogP contribution in [0.5, 0.6) is 11.5 Å². The van der Waals surface area contributed by atoms with Gasteiger partial charge >= 0.3 is 0 Å². The summed E-state index contributed by atoms with van der Waals surface area (Å²) in [5.41, 5.74) is 2.58. The minimum absolute atomic E-state index is 0.584. The van der Waals surface area contributed by atoms with E-state index in [0.29, 0.717) is 22.6 Å². The summed E-state index contributed by atoms with van der Waals surface area (Å²) in [6.07, 6.45) is 10.6. The van der Waals surface area contributed by atoms with Crippen molar-refractivity contribution in [2.45, 2.75) is 6.92 Å². The molecule has 0 aliphatic carbocycles. The first-order valence-corrected chi connectivity index (χ1v) is 6.37. The van der Waals surface area contributed by atoms with E-state index in [1.165, 1.54) is 5.56 Å². The van der Waals surface area contributed by atoms with Crippen LogP contribution in [0.4, 0.5) is 0 Å². The second-order valence-electron chi connectivity index (χ2n) is 4.20. The van der Waals surface area contributed by atoms with Gasteiger partial charge in [0.05, 0.1) is 25.3 Å². The minimum Gasteiger partial charge on any atom is -0.495 e. The summed E-state index contributed by atoms with van der Waals surface area (Å²) in [6.45, 7) is 2.08. The highest BCUT2D eigenvalue weighted by Gasteiger charge is 2.07. The Morgan fingerprint density at radius 2 is 1.24 bits per heavy atom. The Bertz CT molecular complexity index is 617. The Morgan fingerprint density at radius 3 is 1.48 bits per heavy atom. The molecule has 0 N–H and O–H groups in total. The van der Waals surface area contributed by atoms with Gasteiger partial charge in [-0.3, -0.25) is 0 Å². The van der Waals surface area contributed by atoms with Crippen molar-refractivity contribution in [2.75, 3.05) is 14.2 Å². The number of ether oxygens (including phenoxy) is 2. The Hall–Kier alpha value is -2.84. The van der Waals surface area contributed by atoms with Crippen molar-refractivity contribution >= 4 is 0 Å². The summed E-state index contributed by atoms with van der Waals surface area (Å²) in [5, 5.41) is 0. The van der Waals surface area contributed by atoms with E-state index >= 15 is 0 Å². The second-order valence-corrected chi connectivity index (χ2v) is 4.20. The summed E-state index contributed by atoms with van der Waals surface area (Å²) in [4.78, 5) is 0. The number of hydrogen-bond acceptors (Lipinski definition) is 2. The molecule has 2 aromatic carbocycles. The lowest BCUT2D eigenvalue weighted by Gasteiger charge is -2.08. The maximum absolute atomic E-state index is 5.30. The van der Waals surface area contributed by atoms with Crippen LogP contribution in [0, 0.1) is 31.6 Å². The zero-order valence-electron chi connectivity index (χ0n) is 12.5. The van der Waals surface area contributed by atoms with E-state index in [2.05, 4.69) is 30.9 Å². The van der Waals surface area contributed by atoms with Gasteiger partial charge in [-0.25, -0.2) is 0 Å². The van der Waals surface area contributed by atoms with Crippen LogP contribution in [0.1, 0.15) is 16.7 Å². The van der Waals surface area contributed by atoms with Gasteiger partial charge in [0.1, 0.15) is 11.5 Å². The molecule has 0 amide bonds. The van der Waals surface area contributed by atoms with Crippen molar-refractivity contribution in [2.24, 2.45) is 0 Å². The lowest BCUT2D eigenvalue weighted by Crippen LogP contribution is -1.93. The Kier molecular flexibility index (Phi) is 6.45. The van der Waals surface area contributed by atoms with Crippen LogP contribution in [-0.4, -0.2) is 14.2 Å².